The molecule has 0 aliphatic heterocycles. The quantitative estimate of drug-likeness (QED) is 0.690. The van der Waals surface area contributed by atoms with Crippen molar-refractivity contribution < 1.29 is 14.4 Å². The second kappa shape index (κ2) is 4.39. The Morgan fingerprint density at radius 2 is 1.86 bits per heavy atom. The normalized spacial score (nSPS) is 50.5. The van der Waals surface area contributed by atoms with Crippen LogP contribution in [0, 0.1) is 34.5 Å². The molecule has 4 rings (SSSR count). The van der Waals surface area contributed by atoms with Crippen molar-refractivity contribution in [3.05, 3.63) is 12.2 Å². The number of carbonyl (C=O) groups excluding carboxylic acids is 3. The van der Waals surface area contributed by atoms with Crippen LogP contribution in [0.1, 0.15) is 52.4 Å². The molecule has 0 bridgehead atoms. The predicted molar refractivity (Wildman–Crippen MR) is 82.0 cm³/mol. The third kappa shape index (κ3) is 1.65. The lowest BCUT2D eigenvalue weighted by molar-refractivity contribution is -0.154. The summed E-state index contributed by atoms with van der Waals surface area (Å²) >= 11 is 0. The summed E-state index contributed by atoms with van der Waals surface area (Å²) in [5.41, 5.74) is -0.587. The smallest absolute Gasteiger partial charge is 0.155 e. The summed E-state index contributed by atoms with van der Waals surface area (Å²) in [7, 11) is 0. The molecule has 0 unspecified atom stereocenters. The van der Waals surface area contributed by atoms with Gasteiger partial charge in [0.15, 0.2) is 5.78 Å². The van der Waals surface area contributed by atoms with Gasteiger partial charge >= 0.3 is 0 Å². The van der Waals surface area contributed by atoms with Gasteiger partial charge < -0.3 is 0 Å². The van der Waals surface area contributed by atoms with Crippen LogP contribution in [0.5, 0.6) is 0 Å². The first-order chi connectivity index (χ1) is 10.4. The highest BCUT2D eigenvalue weighted by Crippen LogP contribution is 2.63. The van der Waals surface area contributed by atoms with Gasteiger partial charge in [-0.3, -0.25) is 14.4 Å². The van der Waals surface area contributed by atoms with Crippen LogP contribution in [-0.4, -0.2) is 17.3 Å². The van der Waals surface area contributed by atoms with Crippen molar-refractivity contribution in [3.8, 4) is 0 Å². The highest BCUT2D eigenvalue weighted by molar-refractivity contribution is 5.96. The molecule has 0 amide bonds. The molecule has 118 valence electrons. The number of hydrogen-bond acceptors (Lipinski definition) is 3. The zero-order chi connectivity index (χ0) is 15.7. The molecule has 0 saturated heterocycles. The molecule has 22 heavy (non-hydrogen) atoms. The molecule has 6 atom stereocenters. The Morgan fingerprint density at radius 1 is 1.09 bits per heavy atom. The highest BCUT2D eigenvalue weighted by atomic mass is 16.1. The van der Waals surface area contributed by atoms with E-state index in [2.05, 4.69) is 6.92 Å². The van der Waals surface area contributed by atoms with Gasteiger partial charge in [-0.15, -0.1) is 0 Å². The van der Waals surface area contributed by atoms with E-state index in [4.69, 9.17) is 0 Å². The minimum absolute atomic E-state index is 0.0135. The molecule has 0 aromatic heterocycles. The Kier molecular flexibility index (Phi) is 2.87. The van der Waals surface area contributed by atoms with E-state index in [1.165, 1.54) is 0 Å². The minimum Gasteiger partial charge on any atom is -0.299 e. The lowest BCUT2D eigenvalue weighted by atomic mass is 9.46. The maximum absolute atomic E-state index is 13.0. The van der Waals surface area contributed by atoms with Gasteiger partial charge in [-0.1, -0.05) is 19.9 Å². The maximum atomic E-state index is 13.0. The average Bonchev–Trinajstić information content (AvgIpc) is 2.75. The summed E-state index contributed by atoms with van der Waals surface area (Å²) in [4.78, 5) is 37.1. The molecule has 0 heterocycles. The fourth-order valence-electron chi connectivity index (χ4n) is 6.24. The molecule has 4 aliphatic rings. The molecule has 0 aromatic carbocycles. The van der Waals surface area contributed by atoms with Crippen molar-refractivity contribution in [1.82, 2.24) is 0 Å². The van der Waals surface area contributed by atoms with Crippen LogP contribution < -0.4 is 0 Å². The first kappa shape index (κ1) is 14.3. The third-order valence-electron chi connectivity index (χ3n) is 7.45. The van der Waals surface area contributed by atoms with Crippen LogP contribution in [0.15, 0.2) is 12.2 Å². The van der Waals surface area contributed by atoms with E-state index in [0.29, 0.717) is 42.8 Å². The number of rotatable bonds is 0. The first-order valence-corrected chi connectivity index (χ1v) is 8.64. The lowest BCUT2D eigenvalue weighted by Gasteiger charge is -2.56. The zero-order valence-corrected chi connectivity index (χ0v) is 13.4. The van der Waals surface area contributed by atoms with Gasteiger partial charge in [0.05, 0.1) is 0 Å². The summed E-state index contributed by atoms with van der Waals surface area (Å²) in [5, 5.41) is 0. The minimum atomic E-state index is -0.407. The molecular formula is C19H24O3. The molecule has 0 N–H and O–H groups in total. The predicted octanol–water partition coefficient (Wildman–Crippen LogP) is 3.12. The van der Waals surface area contributed by atoms with E-state index in [0.717, 1.165) is 19.3 Å². The monoisotopic (exact) mass is 300 g/mol. The van der Waals surface area contributed by atoms with Gasteiger partial charge in [-0.25, -0.2) is 0 Å². The number of allylic oxidation sites excluding steroid dienone is 2. The van der Waals surface area contributed by atoms with Crippen LogP contribution >= 0.6 is 0 Å². The number of fused-ring (bicyclic) bond motifs is 5. The number of Topliss-reactive ketones (excluding diaryl/α,β-unsaturated/α-hetero) is 2. The van der Waals surface area contributed by atoms with Gasteiger partial charge in [0.1, 0.15) is 11.6 Å². The number of hydrogen-bond donors (Lipinski definition) is 0. The van der Waals surface area contributed by atoms with E-state index >= 15 is 0 Å². The second-order valence-electron chi connectivity index (χ2n) is 8.41. The highest BCUT2D eigenvalue weighted by Gasteiger charge is 2.62. The molecule has 3 fully saturated rings. The van der Waals surface area contributed by atoms with E-state index in [-0.39, 0.29) is 22.9 Å². The van der Waals surface area contributed by atoms with E-state index in [9.17, 15) is 14.4 Å². The Labute approximate surface area is 131 Å². The van der Waals surface area contributed by atoms with Crippen molar-refractivity contribution in [2.75, 3.05) is 0 Å². The summed E-state index contributed by atoms with van der Waals surface area (Å²) < 4.78 is 0. The van der Waals surface area contributed by atoms with Gasteiger partial charge in [-0.2, -0.15) is 0 Å². The second-order valence-corrected chi connectivity index (χ2v) is 8.41. The van der Waals surface area contributed by atoms with Crippen molar-refractivity contribution in [2.45, 2.75) is 52.4 Å². The Hall–Kier alpha value is -1.25. The van der Waals surface area contributed by atoms with Crippen molar-refractivity contribution in [1.29, 1.82) is 0 Å². The molecule has 4 aliphatic carbocycles. The summed E-state index contributed by atoms with van der Waals surface area (Å²) in [6, 6.07) is 0. The first-order valence-electron chi connectivity index (χ1n) is 8.64. The van der Waals surface area contributed by atoms with Gasteiger partial charge in [0, 0.05) is 30.6 Å². The molecule has 3 saturated carbocycles. The molecule has 0 radical (unpaired) electrons. The Balaban J connectivity index is 1.77. The van der Waals surface area contributed by atoms with E-state index < -0.39 is 5.41 Å². The van der Waals surface area contributed by atoms with Crippen LogP contribution in [0.25, 0.3) is 0 Å². The molecule has 3 heteroatoms. The SMILES string of the molecule is C[C@]12C=CC(=O)C[C@@H]1CC[C@H]1[C@H]2C(=O)C[C@@]2(C)C(=O)CC[C@@H]12. The zero-order valence-electron chi connectivity index (χ0n) is 13.4. The summed E-state index contributed by atoms with van der Waals surface area (Å²) in [6.07, 6.45) is 8.34. The molecular weight excluding hydrogens is 276 g/mol. The summed E-state index contributed by atoms with van der Waals surface area (Å²) in [6.45, 7) is 4.20. The topological polar surface area (TPSA) is 51.2 Å². The van der Waals surface area contributed by atoms with Crippen molar-refractivity contribution >= 4 is 17.3 Å². The molecule has 0 spiro atoms. The molecule has 3 nitrogen and oxygen atoms in total. The van der Waals surface area contributed by atoms with Crippen molar-refractivity contribution in [2.24, 2.45) is 34.5 Å². The van der Waals surface area contributed by atoms with Gasteiger partial charge in [0.2, 0.25) is 0 Å². The van der Waals surface area contributed by atoms with Crippen LogP contribution in [-0.2, 0) is 14.4 Å². The molecule has 0 aromatic rings. The van der Waals surface area contributed by atoms with Crippen LogP contribution in [0.2, 0.25) is 0 Å². The fraction of sp³-hybridized carbons (Fsp3) is 0.737. The summed E-state index contributed by atoms with van der Waals surface area (Å²) in [5.74, 6) is 1.78. The van der Waals surface area contributed by atoms with Crippen LogP contribution in [0.3, 0.4) is 0 Å². The van der Waals surface area contributed by atoms with Gasteiger partial charge in [0.25, 0.3) is 0 Å². The standard InChI is InChI=1S/C19H24O3/c1-18-8-7-12(20)9-11(18)3-4-13-14-5-6-16(22)19(14,2)10-15(21)17(13)18/h7-8,11,13-14,17H,3-6,9-10H2,1-2H3/t11-,13+,14-,17-,18-,19+/m0/s1. The van der Waals surface area contributed by atoms with E-state index in [1.54, 1.807) is 6.08 Å². The largest absolute Gasteiger partial charge is 0.299 e. The van der Waals surface area contributed by atoms with Gasteiger partial charge in [-0.05, 0) is 48.5 Å². The Bertz CT molecular complexity index is 604. The fourth-order valence-corrected chi connectivity index (χ4v) is 6.24. The Morgan fingerprint density at radius 3 is 2.64 bits per heavy atom. The maximum Gasteiger partial charge on any atom is 0.155 e. The average molecular weight is 300 g/mol. The number of carbonyl (C=O) groups is 3. The van der Waals surface area contributed by atoms with E-state index in [1.807, 2.05) is 13.0 Å². The third-order valence-corrected chi connectivity index (χ3v) is 7.45. The van der Waals surface area contributed by atoms with Crippen LogP contribution in [0.4, 0.5) is 0 Å². The lowest BCUT2D eigenvalue weighted by Crippen LogP contribution is -2.56. The van der Waals surface area contributed by atoms with Crippen molar-refractivity contribution in [3.63, 3.8) is 0 Å². The number of ketones is 3.